The van der Waals surface area contributed by atoms with E-state index in [1.54, 1.807) is 0 Å². The number of benzene rings is 1. The molecule has 0 fully saturated rings. The second kappa shape index (κ2) is 5.12. The minimum Gasteiger partial charge on any atom is -0.483 e. The van der Waals surface area contributed by atoms with Crippen molar-refractivity contribution in [3.8, 4) is 5.75 Å². The van der Waals surface area contributed by atoms with Crippen LogP contribution < -0.4 is 4.74 Å². The molecule has 16 heavy (non-hydrogen) atoms. The van der Waals surface area contributed by atoms with Crippen molar-refractivity contribution in [2.24, 2.45) is 0 Å². The average molecular weight is 283 g/mol. The summed E-state index contributed by atoms with van der Waals surface area (Å²) in [6.07, 6.45) is 0.738. The normalized spacial score (nSPS) is 10.4. The van der Waals surface area contributed by atoms with Gasteiger partial charge in [-0.05, 0) is 28.1 Å². The number of ether oxygens (including phenoxy) is 1. The van der Waals surface area contributed by atoms with Gasteiger partial charge in [-0.3, -0.25) is 0 Å². The van der Waals surface area contributed by atoms with Crippen LogP contribution in [-0.2, 0) is 13.0 Å². The number of rotatable bonds is 4. The molecule has 0 N–H and O–H groups in total. The van der Waals surface area contributed by atoms with Gasteiger partial charge in [-0.15, -0.1) is 10.2 Å². The summed E-state index contributed by atoms with van der Waals surface area (Å²) in [4.78, 5) is 0. The Hall–Kier alpha value is -1.36. The van der Waals surface area contributed by atoms with Crippen molar-refractivity contribution in [1.29, 1.82) is 0 Å². The number of para-hydroxylation sites is 1. The largest absolute Gasteiger partial charge is 0.483 e. The molecule has 0 atom stereocenters. The van der Waals surface area contributed by atoms with Gasteiger partial charge < -0.3 is 9.15 Å². The molecule has 0 aliphatic carbocycles. The third-order valence-corrected chi connectivity index (χ3v) is 2.65. The van der Waals surface area contributed by atoms with Gasteiger partial charge in [0.25, 0.3) is 5.89 Å². The SMILES string of the molecule is CCc1nnc(COc2ccccc2Br)o1. The zero-order valence-corrected chi connectivity index (χ0v) is 10.4. The molecule has 0 bridgehead atoms. The highest BCUT2D eigenvalue weighted by atomic mass is 79.9. The molecule has 5 heteroatoms. The molecular weight excluding hydrogens is 272 g/mol. The van der Waals surface area contributed by atoms with Gasteiger partial charge in [0.15, 0.2) is 6.61 Å². The lowest BCUT2D eigenvalue weighted by Gasteiger charge is -2.04. The maximum atomic E-state index is 5.54. The predicted molar refractivity (Wildman–Crippen MR) is 62.2 cm³/mol. The van der Waals surface area contributed by atoms with Crippen molar-refractivity contribution in [1.82, 2.24) is 10.2 Å². The molecule has 0 saturated carbocycles. The molecule has 0 amide bonds. The van der Waals surface area contributed by atoms with Crippen LogP contribution in [0.4, 0.5) is 0 Å². The lowest BCUT2D eigenvalue weighted by molar-refractivity contribution is 0.258. The lowest BCUT2D eigenvalue weighted by atomic mass is 10.3. The standard InChI is InChI=1S/C11H11BrN2O2/c1-2-10-13-14-11(16-10)7-15-9-6-4-3-5-8(9)12/h3-6H,2,7H2,1H3. The fourth-order valence-corrected chi connectivity index (χ4v) is 1.59. The fourth-order valence-electron chi connectivity index (χ4n) is 1.19. The van der Waals surface area contributed by atoms with Crippen molar-refractivity contribution < 1.29 is 9.15 Å². The Bertz CT molecular complexity index is 471. The average Bonchev–Trinajstić information content (AvgIpc) is 2.76. The van der Waals surface area contributed by atoms with Crippen LogP contribution in [0.1, 0.15) is 18.7 Å². The van der Waals surface area contributed by atoms with E-state index in [-0.39, 0.29) is 6.61 Å². The van der Waals surface area contributed by atoms with Gasteiger partial charge in [-0.25, -0.2) is 0 Å². The van der Waals surface area contributed by atoms with Gasteiger partial charge in [-0.1, -0.05) is 19.1 Å². The first-order valence-electron chi connectivity index (χ1n) is 4.98. The number of hydrogen-bond acceptors (Lipinski definition) is 4. The Kier molecular flexibility index (Phi) is 3.56. The van der Waals surface area contributed by atoms with Crippen LogP contribution in [0, 0.1) is 0 Å². The second-order valence-corrected chi connectivity index (χ2v) is 4.02. The van der Waals surface area contributed by atoms with E-state index < -0.39 is 0 Å². The molecule has 0 radical (unpaired) electrons. The molecule has 0 spiro atoms. The summed E-state index contributed by atoms with van der Waals surface area (Å²) in [5, 5.41) is 7.74. The highest BCUT2D eigenvalue weighted by Crippen LogP contribution is 2.24. The van der Waals surface area contributed by atoms with E-state index in [0.29, 0.717) is 11.8 Å². The van der Waals surface area contributed by atoms with E-state index in [2.05, 4.69) is 26.1 Å². The lowest BCUT2D eigenvalue weighted by Crippen LogP contribution is -1.96. The highest BCUT2D eigenvalue weighted by molar-refractivity contribution is 9.10. The van der Waals surface area contributed by atoms with E-state index in [0.717, 1.165) is 16.6 Å². The zero-order valence-electron chi connectivity index (χ0n) is 8.81. The molecular formula is C11H11BrN2O2. The van der Waals surface area contributed by atoms with E-state index in [1.165, 1.54) is 0 Å². The van der Waals surface area contributed by atoms with Gasteiger partial charge in [0, 0.05) is 6.42 Å². The zero-order chi connectivity index (χ0) is 11.4. The topological polar surface area (TPSA) is 48.2 Å². The first-order chi connectivity index (χ1) is 7.79. The highest BCUT2D eigenvalue weighted by Gasteiger charge is 2.06. The van der Waals surface area contributed by atoms with Crippen LogP contribution in [0.3, 0.4) is 0 Å². The predicted octanol–water partition coefficient (Wildman–Crippen LogP) is 2.97. The second-order valence-electron chi connectivity index (χ2n) is 3.16. The Balaban J connectivity index is 1.99. The Labute approximate surface area is 102 Å². The Morgan fingerprint density at radius 2 is 2.00 bits per heavy atom. The molecule has 2 aromatic rings. The third-order valence-electron chi connectivity index (χ3n) is 2.00. The number of halogens is 1. The molecule has 0 aliphatic heterocycles. The molecule has 4 nitrogen and oxygen atoms in total. The number of nitrogens with zero attached hydrogens (tertiary/aromatic N) is 2. The Morgan fingerprint density at radius 1 is 1.25 bits per heavy atom. The minimum atomic E-state index is 0.287. The van der Waals surface area contributed by atoms with E-state index in [9.17, 15) is 0 Å². The van der Waals surface area contributed by atoms with Crippen LogP contribution in [0.5, 0.6) is 5.75 Å². The van der Waals surface area contributed by atoms with Crippen LogP contribution in [0.25, 0.3) is 0 Å². The summed E-state index contributed by atoms with van der Waals surface area (Å²) in [6, 6.07) is 7.63. The number of aryl methyl sites for hydroxylation is 1. The molecule has 1 aromatic heterocycles. The van der Waals surface area contributed by atoms with Crippen LogP contribution in [0.15, 0.2) is 33.2 Å². The Morgan fingerprint density at radius 3 is 2.69 bits per heavy atom. The number of hydrogen-bond donors (Lipinski definition) is 0. The van der Waals surface area contributed by atoms with Gasteiger partial charge in [0.1, 0.15) is 5.75 Å². The molecule has 1 heterocycles. The van der Waals surface area contributed by atoms with Crippen molar-refractivity contribution >= 4 is 15.9 Å². The van der Waals surface area contributed by atoms with Gasteiger partial charge in [0.05, 0.1) is 4.47 Å². The van der Waals surface area contributed by atoms with Crippen LogP contribution >= 0.6 is 15.9 Å². The summed E-state index contributed by atoms with van der Waals surface area (Å²) < 4.78 is 11.8. The van der Waals surface area contributed by atoms with Crippen molar-refractivity contribution in [2.75, 3.05) is 0 Å². The smallest absolute Gasteiger partial charge is 0.253 e. The summed E-state index contributed by atoms with van der Waals surface area (Å²) in [5.74, 6) is 1.89. The van der Waals surface area contributed by atoms with Crippen molar-refractivity contribution in [3.63, 3.8) is 0 Å². The minimum absolute atomic E-state index is 0.287. The summed E-state index contributed by atoms with van der Waals surface area (Å²) in [5.41, 5.74) is 0. The monoisotopic (exact) mass is 282 g/mol. The summed E-state index contributed by atoms with van der Waals surface area (Å²) in [6.45, 7) is 2.25. The molecule has 84 valence electrons. The van der Waals surface area contributed by atoms with Crippen LogP contribution in [0.2, 0.25) is 0 Å². The maximum Gasteiger partial charge on any atom is 0.253 e. The summed E-state index contributed by atoms with van der Waals surface area (Å²) >= 11 is 3.40. The van der Waals surface area contributed by atoms with Gasteiger partial charge in [-0.2, -0.15) is 0 Å². The molecule has 0 saturated heterocycles. The van der Waals surface area contributed by atoms with Gasteiger partial charge in [0.2, 0.25) is 5.89 Å². The van der Waals surface area contributed by atoms with Gasteiger partial charge >= 0.3 is 0 Å². The van der Waals surface area contributed by atoms with Crippen molar-refractivity contribution in [2.45, 2.75) is 20.0 Å². The van der Waals surface area contributed by atoms with Crippen LogP contribution in [-0.4, -0.2) is 10.2 Å². The molecule has 0 unspecified atom stereocenters. The number of aromatic nitrogens is 2. The van der Waals surface area contributed by atoms with E-state index in [1.807, 2.05) is 31.2 Å². The molecule has 1 aromatic carbocycles. The quantitative estimate of drug-likeness (QED) is 0.865. The maximum absolute atomic E-state index is 5.54. The molecule has 2 rings (SSSR count). The first-order valence-corrected chi connectivity index (χ1v) is 5.77. The first kappa shape index (κ1) is 11.1. The summed E-state index contributed by atoms with van der Waals surface area (Å²) in [7, 11) is 0. The van der Waals surface area contributed by atoms with E-state index in [4.69, 9.17) is 9.15 Å². The van der Waals surface area contributed by atoms with Crippen molar-refractivity contribution in [3.05, 3.63) is 40.5 Å². The fraction of sp³-hybridized carbons (Fsp3) is 0.273. The van der Waals surface area contributed by atoms with E-state index >= 15 is 0 Å². The molecule has 0 aliphatic rings. The third kappa shape index (κ3) is 2.61.